The molecule has 0 saturated carbocycles. The molecule has 0 aromatic heterocycles. The van der Waals surface area contributed by atoms with E-state index >= 15 is 0 Å². The Balaban J connectivity index is 1.88. The molecule has 0 unspecified atom stereocenters. The van der Waals surface area contributed by atoms with Gasteiger partial charge in [-0.2, -0.15) is 0 Å². The monoisotopic (exact) mass is 382 g/mol. The van der Waals surface area contributed by atoms with Gasteiger partial charge in [0.15, 0.2) is 6.10 Å². The van der Waals surface area contributed by atoms with E-state index < -0.39 is 18.1 Å². The summed E-state index contributed by atoms with van der Waals surface area (Å²) in [5, 5.41) is 2.60. The van der Waals surface area contributed by atoms with Crippen molar-refractivity contribution < 1.29 is 19.1 Å². The van der Waals surface area contributed by atoms with Gasteiger partial charge in [0.1, 0.15) is 6.04 Å². The topological polar surface area (TPSA) is 75.7 Å². The van der Waals surface area contributed by atoms with Gasteiger partial charge in [0.05, 0.1) is 0 Å². The lowest BCUT2D eigenvalue weighted by atomic mass is 10.1. The predicted molar refractivity (Wildman–Crippen MR) is 107 cm³/mol. The van der Waals surface area contributed by atoms with Crippen molar-refractivity contribution in [3.05, 3.63) is 71.3 Å². The zero-order valence-electron chi connectivity index (χ0n) is 16.6. The van der Waals surface area contributed by atoms with E-state index in [-0.39, 0.29) is 11.8 Å². The molecule has 2 amide bonds. The summed E-state index contributed by atoms with van der Waals surface area (Å²) in [5.41, 5.74) is 2.39. The normalized spacial score (nSPS) is 12.6. The number of carbonyl (C=O) groups is 3. The van der Waals surface area contributed by atoms with Gasteiger partial charge >= 0.3 is 5.97 Å². The smallest absolute Gasteiger partial charge is 0.329 e. The number of aryl methyl sites for hydroxylation is 1. The Morgan fingerprint density at radius 1 is 1.04 bits per heavy atom. The van der Waals surface area contributed by atoms with Crippen LogP contribution in [0.15, 0.2) is 54.6 Å². The summed E-state index contributed by atoms with van der Waals surface area (Å²) in [6.45, 7) is 5.35. The van der Waals surface area contributed by atoms with Crippen molar-refractivity contribution in [2.45, 2.75) is 39.5 Å². The van der Waals surface area contributed by atoms with Crippen LogP contribution in [0.25, 0.3) is 0 Å². The van der Waals surface area contributed by atoms with Crippen molar-refractivity contribution in [1.29, 1.82) is 0 Å². The summed E-state index contributed by atoms with van der Waals surface area (Å²) < 4.78 is 5.25. The quantitative estimate of drug-likeness (QED) is 0.747. The maximum atomic E-state index is 12.4. The van der Waals surface area contributed by atoms with Gasteiger partial charge in [-0.1, -0.05) is 48.0 Å². The highest BCUT2D eigenvalue weighted by atomic mass is 16.5. The lowest BCUT2D eigenvalue weighted by Gasteiger charge is -2.23. The maximum absolute atomic E-state index is 12.4. The molecule has 2 atom stereocenters. The fraction of sp³-hybridized carbons (Fsp3) is 0.318. The minimum atomic E-state index is -0.945. The van der Waals surface area contributed by atoms with Crippen LogP contribution in [0, 0.1) is 6.92 Å². The first-order valence-electron chi connectivity index (χ1n) is 9.15. The standard InChI is InChI=1S/C22H26N2O4/c1-15-9-8-12-19(13-15)20(25)23-16(2)22(27)28-17(3)21(26)24(4)14-18-10-6-5-7-11-18/h5-13,16-17H,14H2,1-4H3,(H,23,25)/t16-,17+/m1/s1. The van der Waals surface area contributed by atoms with E-state index in [0.29, 0.717) is 12.1 Å². The van der Waals surface area contributed by atoms with Gasteiger partial charge in [-0.15, -0.1) is 0 Å². The molecule has 148 valence electrons. The molecule has 2 aromatic carbocycles. The van der Waals surface area contributed by atoms with Crippen LogP contribution in [0.4, 0.5) is 0 Å². The number of amides is 2. The van der Waals surface area contributed by atoms with E-state index in [1.807, 2.05) is 43.3 Å². The number of ether oxygens (including phenoxy) is 1. The first-order valence-corrected chi connectivity index (χ1v) is 9.15. The SMILES string of the molecule is Cc1cccc(C(=O)N[C@H](C)C(=O)O[C@@H](C)C(=O)N(C)Cc2ccccc2)c1. The fourth-order valence-electron chi connectivity index (χ4n) is 2.70. The third kappa shape index (κ3) is 5.94. The highest BCUT2D eigenvalue weighted by Crippen LogP contribution is 2.08. The van der Waals surface area contributed by atoms with Crippen LogP contribution in [-0.4, -0.2) is 41.9 Å². The molecule has 0 aliphatic heterocycles. The highest BCUT2D eigenvalue weighted by Gasteiger charge is 2.25. The van der Waals surface area contributed by atoms with Crippen molar-refractivity contribution in [3.63, 3.8) is 0 Å². The molecule has 0 spiro atoms. The number of nitrogens with zero attached hydrogens (tertiary/aromatic N) is 1. The lowest BCUT2D eigenvalue weighted by Crippen LogP contribution is -2.43. The molecule has 0 saturated heterocycles. The molecule has 2 aromatic rings. The Morgan fingerprint density at radius 3 is 2.36 bits per heavy atom. The minimum absolute atomic E-state index is 0.311. The van der Waals surface area contributed by atoms with Gasteiger partial charge in [-0.3, -0.25) is 9.59 Å². The zero-order chi connectivity index (χ0) is 20.7. The number of hydrogen-bond donors (Lipinski definition) is 1. The first-order chi connectivity index (χ1) is 13.3. The maximum Gasteiger partial charge on any atom is 0.329 e. The van der Waals surface area contributed by atoms with Crippen LogP contribution < -0.4 is 5.32 Å². The van der Waals surface area contributed by atoms with Gasteiger partial charge in [0.25, 0.3) is 11.8 Å². The molecule has 0 radical (unpaired) electrons. The molecule has 1 N–H and O–H groups in total. The van der Waals surface area contributed by atoms with Crippen molar-refractivity contribution in [2.24, 2.45) is 0 Å². The van der Waals surface area contributed by atoms with Crippen molar-refractivity contribution in [2.75, 3.05) is 7.05 Å². The summed E-state index contributed by atoms with van der Waals surface area (Å²) in [4.78, 5) is 38.5. The largest absolute Gasteiger partial charge is 0.451 e. The molecule has 28 heavy (non-hydrogen) atoms. The summed E-state index contributed by atoms with van der Waals surface area (Å²) >= 11 is 0. The summed E-state index contributed by atoms with van der Waals surface area (Å²) in [6, 6.07) is 15.7. The Labute approximate surface area is 165 Å². The van der Waals surface area contributed by atoms with Crippen LogP contribution in [-0.2, 0) is 20.9 Å². The van der Waals surface area contributed by atoms with Crippen LogP contribution in [0.5, 0.6) is 0 Å². The summed E-state index contributed by atoms with van der Waals surface area (Å²) in [6.07, 6.45) is -0.945. The lowest BCUT2D eigenvalue weighted by molar-refractivity contribution is -0.159. The molecule has 0 aliphatic carbocycles. The van der Waals surface area contributed by atoms with Crippen molar-refractivity contribution >= 4 is 17.8 Å². The second-order valence-corrected chi connectivity index (χ2v) is 6.82. The number of esters is 1. The van der Waals surface area contributed by atoms with E-state index in [1.165, 1.54) is 18.7 Å². The van der Waals surface area contributed by atoms with Gasteiger partial charge in [-0.25, -0.2) is 4.79 Å². The van der Waals surface area contributed by atoms with Gasteiger partial charge in [0.2, 0.25) is 0 Å². The third-order valence-corrected chi connectivity index (χ3v) is 4.26. The number of nitrogens with one attached hydrogen (secondary N) is 1. The second kappa shape index (κ2) is 9.69. The van der Waals surface area contributed by atoms with Crippen LogP contribution in [0.3, 0.4) is 0 Å². The molecule has 0 aliphatic rings. The number of carbonyl (C=O) groups excluding carboxylic acids is 3. The second-order valence-electron chi connectivity index (χ2n) is 6.82. The molecule has 0 heterocycles. The molecule has 2 rings (SSSR count). The molecular weight excluding hydrogens is 356 g/mol. The van der Waals surface area contributed by atoms with E-state index in [0.717, 1.165) is 11.1 Å². The number of likely N-dealkylation sites (N-methyl/N-ethyl adjacent to an activating group) is 1. The van der Waals surface area contributed by atoms with Gasteiger partial charge < -0.3 is 15.0 Å². The Hall–Kier alpha value is -3.15. The molecule has 0 bridgehead atoms. The van der Waals surface area contributed by atoms with Crippen molar-refractivity contribution in [1.82, 2.24) is 10.2 Å². The van der Waals surface area contributed by atoms with Gasteiger partial charge in [0, 0.05) is 19.2 Å². The first kappa shape index (κ1) is 21.2. The molecule has 6 nitrogen and oxygen atoms in total. The summed E-state index contributed by atoms with van der Waals surface area (Å²) in [5.74, 6) is -1.34. The van der Waals surface area contributed by atoms with E-state index in [1.54, 1.807) is 25.2 Å². The number of benzene rings is 2. The fourth-order valence-corrected chi connectivity index (χ4v) is 2.70. The zero-order valence-corrected chi connectivity index (χ0v) is 16.6. The Bertz CT molecular complexity index is 835. The Kier molecular flexibility index (Phi) is 7.32. The van der Waals surface area contributed by atoms with Crippen LogP contribution >= 0.6 is 0 Å². The molecular formula is C22H26N2O4. The molecule has 6 heteroatoms. The molecule has 0 fully saturated rings. The number of hydrogen-bond acceptors (Lipinski definition) is 4. The van der Waals surface area contributed by atoms with Crippen LogP contribution in [0.1, 0.15) is 35.3 Å². The van der Waals surface area contributed by atoms with E-state index in [4.69, 9.17) is 4.74 Å². The van der Waals surface area contributed by atoms with E-state index in [2.05, 4.69) is 5.32 Å². The number of rotatable bonds is 7. The van der Waals surface area contributed by atoms with E-state index in [9.17, 15) is 14.4 Å². The van der Waals surface area contributed by atoms with Gasteiger partial charge in [-0.05, 0) is 38.5 Å². The average molecular weight is 382 g/mol. The highest BCUT2D eigenvalue weighted by molar-refractivity contribution is 5.97. The van der Waals surface area contributed by atoms with Crippen molar-refractivity contribution in [3.8, 4) is 0 Å². The van der Waals surface area contributed by atoms with Crippen LogP contribution in [0.2, 0.25) is 0 Å². The summed E-state index contributed by atoms with van der Waals surface area (Å²) in [7, 11) is 1.66. The predicted octanol–water partition coefficient (Wildman–Crippen LogP) is 2.70. The minimum Gasteiger partial charge on any atom is -0.451 e. The Morgan fingerprint density at radius 2 is 1.71 bits per heavy atom. The average Bonchev–Trinajstić information content (AvgIpc) is 2.67. The third-order valence-electron chi connectivity index (χ3n) is 4.26.